The number of rotatable bonds is 1. The number of allylic oxidation sites excluding steroid dienone is 2. The second-order valence-corrected chi connectivity index (χ2v) is 2.28. The molecule has 1 N–H and O–H groups in total. The molecular formula is C8H9NO2. The number of likely N-dealkylation sites (N-methyl/N-ethyl adjacent to an activating group) is 1. The summed E-state index contributed by atoms with van der Waals surface area (Å²) in [6.07, 6.45) is 4.97. The van der Waals surface area contributed by atoms with Crippen molar-refractivity contribution in [3.05, 3.63) is 36.2 Å². The van der Waals surface area contributed by atoms with Crippen LogP contribution in [0.1, 0.15) is 0 Å². The van der Waals surface area contributed by atoms with Crippen molar-refractivity contribution in [1.29, 1.82) is 0 Å². The van der Waals surface area contributed by atoms with E-state index in [-0.39, 0.29) is 5.57 Å². The first-order valence-electron chi connectivity index (χ1n) is 3.17. The van der Waals surface area contributed by atoms with Crippen LogP contribution >= 0.6 is 0 Å². The highest BCUT2D eigenvalue weighted by Crippen LogP contribution is 2.16. The molecule has 1 heterocycles. The van der Waals surface area contributed by atoms with Crippen molar-refractivity contribution in [3.8, 4) is 0 Å². The number of hydrogen-bond donors (Lipinski definition) is 1. The predicted octanol–water partition coefficient (Wildman–Crippen LogP) is 0.970. The lowest BCUT2D eigenvalue weighted by Gasteiger charge is -2.19. The molecule has 0 fully saturated rings. The summed E-state index contributed by atoms with van der Waals surface area (Å²) < 4.78 is 0. The number of carboxylic acids is 1. The normalized spacial score (nSPS) is 16.6. The molecule has 0 spiro atoms. The van der Waals surface area contributed by atoms with Crippen molar-refractivity contribution in [1.82, 2.24) is 4.90 Å². The third kappa shape index (κ3) is 1.32. The Hall–Kier alpha value is -1.51. The minimum atomic E-state index is -0.939. The average Bonchev–Trinajstić information content (AvgIpc) is 1.94. The molecule has 0 aromatic carbocycles. The van der Waals surface area contributed by atoms with Crippen LogP contribution in [0, 0.1) is 0 Å². The molecule has 0 aromatic heterocycles. The van der Waals surface area contributed by atoms with Crippen LogP contribution in [0.3, 0.4) is 0 Å². The summed E-state index contributed by atoms with van der Waals surface area (Å²) in [5.74, 6) is -0.939. The Bertz CT molecular complexity index is 263. The number of aliphatic carboxylic acids is 1. The summed E-state index contributed by atoms with van der Waals surface area (Å²) in [4.78, 5) is 12.2. The van der Waals surface area contributed by atoms with Crippen molar-refractivity contribution >= 4 is 5.97 Å². The maximum absolute atomic E-state index is 10.5. The quantitative estimate of drug-likeness (QED) is 0.607. The Balaban J connectivity index is 2.96. The highest BCUT2D eigenvalue weighted by molar-refractivity contribution is 5.92. The van der Waals surface area contributed by atoms with E-state index in [9.17, 15) is 4.79 Å². The molecule has 1 rings (SSSR count). The van der Waals surface area contributed by atoms with Gasteiger partial charge in [0.25, 0.3) is 0 Å². The van der Waals surface area contributed by atoms with Gasteiger partial charge in [-0.15, -0.1) is 0 Å². The smallest absolute Gasteiger partial charge is 0.337 e. The summed E-state index contributed by atoms with van der Waals surface area (Å²) in [5, 5.41) is 8.64. The molecule has 0 saturated carbocycles. The number of carboxylic acid groups (broad SMARTS) is 1. The fourth-order valence-corrected chi connectivity index (χ4v) is 0.839. The van der Waals surface area contributed by atoms with Gasteiger partial charge in [-0.1, -0.05) is 6.58 Å². The first kappa shape index (κ1) is 7.60. The van der Waals surface area contributed by atoms with Gasteiger partial charge in [0.2, 0.25) is 0 Å². The van der Waals surface area contributed by atoms with Crippen LogP contribution in [0.25, 0.3) is 0 Å². The molecule has 0 amide bonds. The van der Waals surface area contributed by atoms with E-state index >= 15 is 0 Å². The maximum atomic E-state index is 10.5. The summed E-state index contributed by atoms with van der Waals surface area (Å²) >= 11 is 0. The minimum absolute atomic E-state index is 0.245. The first-order chi connectivity index (χ1) is 5.13. The van der Waals surface area contributed by atoms with E-state index in [1.165, 1.54) is 6.08 Å². The number of hydrogen-bond acceptors (Lipinski definition) is 2. The fraction of sp³-hybridized carbons (Fsp3) is 0.125. The predicted molar refractivity (Wildman–Crippen MR) is 41.8 cm³/mol. The topological polar surface area (TPSA) is 40.5 Å². The highest BCUT2D eigenvalue weighted by Gasteiger charge is 2.14. The van der Waals surface area contributed by atoms with Crippen molar-refractivity contribution in [2.75, 3.05) is 7.05 Å². The van der Waals surface area contributed by atoms with Crippen molar-refractivity contribution < 1.29 is 9.90 Å². The Kier molecular flexibility index (Phi) is 1.81. The minimum Gasteiger partial charge on any atom is -0.478 e. The van der Waals surface area contributed by atoms with E-state index in [1.54, 1.807) is 24.2 Å². The molecule has 0 aliphatic carbocycles. The number of nitrogens with zero attached hydrogens (tertiary/aromatic N) is 1. The van der Waals surface area contributed by atoms with Crippen LogP contribution < -0.4 is 0 Å². The second-order valence-electron chi connectivity index (χ2n) is 2.28. The number of carbonyl (C=O) groups is 1. The molecule has 1 aliphatic rings. The molecule has 58 valence electrons. The Morgan fingerprint density at radius 2 is 2.36 bits per heavy atom. The first-order valence-corrected chi connectivity index (χ1v) is 3.17. The lowest BCUT2D eigenvalue weighted by atomic mass is 10.1. The van der Waals surface area contributed by atoms with Gasteiger partial charge in [0.15, 0.2) is 0 Å². The second kappa shape index (κ2) is 2.62. The van der Waals surface area contributed by atoms with Crippen molar-refractivity contribution in [2.24, 2.45) is 0 Å². The van der Waals surface area contributed by atoms with Crippen LogP contribution in [-0.4, -0.2) is 23.0 Å². The van der Waals surface area contributed by atoms with E-state index in [0.29, 0.717) is 5.70 Å². The molecule has 0 aromatic rings. The lowest BCUT2D eigenvalue weighted by Crippen LogP contribution is -2.18. The van der Waals surface area contributed by atoms with E-state index in [0.717, 1.165) is 0 Å². The maximum Gasteiger partial charge on any atom is 0.337 e. The van der Waals surface area contributed by atoms with E-state index in [2.05, 4.69) is 6.58 Å². The molecular weight excluding hydrogens is 142 g/mol. The van der Waals surface area contributed by atoms with Gasteiger partial charge in [0, 0.05) is 18.9 Å². The standard InChI is InChI=1S/C8H9NO2/c1-6-7(8(10)11)4-3-5-9(6)2/h3-5H,1H2,2H3,(H,10,11). The molecule has 0 atom stereocenters. The Morgan fingerprint density at radius 3 is 2.82 bits per heavy atom. The van der Waals surface area contributed by atoms with Crippen LogP contribution in [0.5, 0.6) is 0 Å². The third-order valence-corrected chi connectivity index (χ3v) is 1.54. The Labute approximate surface area is 64.9 Å². The van der Waals surface area contributed by atoms with Crippen LogP contribution in [0.15, 0.2) is 36.2 Å². The van der Waals surface area contributed by atoms with Crippen LogP contribution in [-0.2, 0) is 4.79 Å². The largest absolute Gasteiger partial charge is 0.478 e. The highest BCUT2D eigenvalue weighted by atomic mass is 16.4. The van der Waals surface area contributed by atoms with Gasteiger partial charge >= 0.3 is 5.97 Å². The van der Waals surface area contributed by atoms with Gasteiger partial charge < -0.3 is 10.0 Å². The monoisotopic (exact) mass is 151 g/mol. The van der Waals surface area contributed by atoms with E-state index < -0.39 is 5.97 Å². The molecule has 3 heteroatoms. The van der Waals surface area contributed by atoms with Crippen LogP contribution in [0.2, 0.25) is 0 Å². The van der Waals surface area contributed by atoms with Gasteiger partial charge in [-0.05, 0) is 12.2 Å². The van der Waals surface area contributed by atoms with Gasteiger partial charge in [0.05, 0.1) is 5.57 Å². The zero-order valence-electron chi connectivity index (χ0n) is 6.24. The molecule has 3 nitrogen and oxygen atoms in total. The third-order valence-electron chi connectivity index (χ3n) is 1.54. The van der Waals surface area contributed by atoms with Gasteiger partial charge in [-0.2, -0.15) is 0 Å². The Morgan fingerprint density at radius 1 is 1.73 bits per heavy atom. The van der Waals surface area contributed by atoms with E-state index in [4.69, 9.17) is 5.11 Å². The summed E-state index contributed by atoms with van der Waals surface area (Å²) in [7, 11) is 1.76. The SMILES string of the molecule is C=C1C(C(=O)O)=CC=CN1C. The average molecular weight is 151 g/mol. The van der Waals surface area contributed by atoms with Gasteiger partial charge in [-0.3, -0.25) is 0 Å². The van der Waals surface area contributed by atoms with Gasteiger partial charge in [0.1, 0.15) is 0 Å². The van der Waals surface area contributed by atoms with Crippen molar-refractivity contribution in [3.63, 3.8) is 0 Å². The zero-order chi connectivity index (χ0) is 8.43. The van der Waals surface area contributed by atoms with Crippen molar-refractivity contribution in [2.45, 2.75) is 0 Å². The molecule has 11 heavy (non-hydrogen) atoms. The summed E-state index contributed by atoms with van der Waals surface area (Å²) in [5.41, 5.74) is 0.759. The summed E-state index contributed by atoms with van der Waals surface area (Å²) in [6, 6.07) is 0. The molecule has 0 bridgehead atoms. The van der Waals surface area contributed by atoms with E-state index in [1.807, 2.05) is 0 Å². The summed E-state index contributed by atoms with van der Waals surface area (Å²) in [6.45, 7) is 3.62. The molecule has 1 aliphatic heterocycles. The zero-order valence-corrected chi connectivity index (χ0v) is 6.24. The molecule has 0 unspecified atom stereocenters. The fourth-order valence-electron chi connectivity index (χ4n) is 0.839. The van der Waals surface area contributed by atoms with Gasteiger partial charge in [-0.25, -0.2) is 4.79 Å². The molecule has 0 radical (unpaired) electrons. The van der Waals surface area contributed by atoms with Crippen LogP contribution in [0.4, 0.5) is 0 Å². The lowest BCUT2D eigenvalue weighted by molar-refractivity contribution is -0.132. The molecule has 0 saturated heterocycles.